The van der Waals surface area contributed by atoms with Crippen LogP contribution in [0.4, 0.5) is 0 Å². The fourth-order valence-corrected chi connectivity index (χ4v) is 4.23. The molecule has 0 aliphatic carbocycles. The van der Waals surface area contributed by atoms with E-state index in [1.165, 1.54) is 11.1 Å². The SMILES string of the molecule is COc1ccc(CN2CCN(CCOc3cc(C)ccc3C(C)C)CC2)c(OC)c1OC. The van der Waals surface area contributed by atoms with Crippen LogP contribution in [-0.4, -0.2) is 70.5 Å². The third-order valence-electron chi connectivity index (χ3n) is 6.10. The number of hydrogen-bond acceptors (Lipinski definition) is 6. The highest BCUT2D eigenvalue weighted by Gasteiger charge is 2.21. The molecule has 2 aromatic carbocycles. The van der Waals surface area contributed by atoms with E-state index in [2.05, 4.69) is 54.8 Å². The van der Waals surface area contributed by atoms with Crippen molar-refractivity contribution < 1.29 is 18.9 Å². The van der Waals surface area contributed by atoms with Gasteiger partial charge < -0.3 is 18.9 Å². The van der Waals surface area contributed by atoms with Gasteiger partial charge in [-0.2, -0.15) is 0 Å². The molecule has 176 valence electrons. The lowest BCUT2D eigenvalue weighted by molar-refractivity contribution is 0.111. The summed E-state index contributed by atoms with van der Waals surface area (Å²) in [6.07, 6.45) is 0. The normalized spacial score (nSPS) is 15.1. The van der Waals surface area contributed by atoms with E-state index in [0.717, 1.165) is 56.3 Å². The highest BCUT2D eigenvalue weighted by molar-refractivity contribution is 5.55. The lowest BCUT2D eigenvalue weighted by atomic mass is 10.0. The summed E-state index contributed by atoms with van der Waals surface area (Å²) in [5.74, 6) is 3.58. The molecule has 1 heterocycles. The molecule has 0 amide bonds. The van der Waals surface area contributed by atoms with Crippen LogP contribution in [0.3, 0.4) is 0 Å². The maximum Gasteiger partial charge on any atom is 0.203 e. The van der Waals surface area contributed by atoms with Crippen molar-refractivity contribution in [2.45, 2.75) is 33.2 Å². The molecule has 0 bridgehead atoms. The minimum Gasteiger partial charge on any atom is -0.493 e. The fourth-order valence-electron chi connectivity index (χ4n) is 4.23. The molecule has 0 aromatic heterocycles. The smallest absolute Gasteiger partial charge is 0.203 e. The quantitative estimate of drug-likeness (QED) is 0.545. The molecule has 1 saturated heterocycles. The molecular weight excluding hydrogens is 404 g/mol. The molecule has 6 heteroatoms. The molecule has 0 atom stereocenters. The second kappa shape index (κ2) is 11.4. The number of aryl methyl sites for hydroxylation is 1. The van der Waals surface area contributed by atoms with Gasteiger partial charge in [0.2, 0.25) is 5.75 Å². The highest BCUT2D eigenvalue weighted by atomic mass is 16.5. The zero-order chi connectivity index (χ0) is 23.1. The van der Waals surface area contributed by atoms with Crippen molar-refractivity contribution >= 4 is 0 Å². The molecule has 0 unspecified atom stereocenters. The van der Waals surface area contributed by atoms with Gasteiger partial charge in [0.15, 0.2) is 11.5 Å². The van der Waals surface area contributed by atoms with Gasteiger partial charge in [-0.05, 0) is 36.1 Å². The minimum atomic E-state index is 0.461. The third-order valence-corrected chi connectivity index (χ3v) is 6.10. The standard InChI is InChI=1S/C26H38N2O4/c1-19(2)22-9-7-20(3)17-24(22)32-16-15-27-11-13-28(14-12-27)18-21-8-10-23(29-4)26(31-6)25(21)30-5/h7-10,17,19H,11-16,18H2,1-6H3. The zero-order valence-corrected chi connectivity index (χ0v) is 20.4. The number of benzene rings is 2. The van der Waals surface area contributed by atoms with Crippen LogP contribution in [0, 0.1) is 6.92 Å². The first kappa shape index (κ1) is 24.2. The largest absolute Gasteiger partial charge is 0.493 e. The van der Waals surface area contributed by atoms with Gasteiger partial charge in [0.05, 0.1) is 21.3 Å². The zero-order valence-electron chi connectivity index (χ0n) is 20.4. The number of methoxy groups -OCH3 is 3. The van der Waals surface area contributed by atoms with E-state index >= 15 is 0 Å². The Labute approximate surface area is 193 Å². The number of hydrogen-bond donors (Lipinski definition) is 0. The summed E-state index contributed by atoms with van der Waals surface area (Å²) in [6, 6.07) is 10.5. The van der Waals surface area contributed by atoms with Gasteiger partial charge in [0, 0.05) is 44.8 Å². The molecule has 3 rings (SSSR count). The monoisotopic (exact) mass is 442 g/mol. The average molecular weight is 443 g/mol. The van der Waals surface area contributed by atoms with E-state index < -0.39 is 0 Å². The van der Waals surface area contributed by atoms with Gasteiger partial charge in [-0.25, -0.2) is 0 Å². The van der Waals surface area contributed by atoms with E-state index in [9.17, 15) is 0 Å². The van der Waals surface area contributed by atoms with Crippen molar-refractivity contribution in [2.24, 2.45) is 0 Å². The van der Waals surface area contributed by atoms with Crippen LogP contribution in [0.25, 0.3) is 0 Å². The maximum atomic E-state index is 6.18. The fraction of sp³-hybridized carbons (Fsp3) is 0.538. The molecule has 6 nitrogen and oxygen atoms in total. The predicted molar refractivity (Wildman–Crippen MR) is 129 cm³/mol. The molecule has 0 N–H and O–H groups in total. The lowest BCUT2D eigenvalue weighted by Crippen LogP contribution is -2.47. The Morgan fingerprint density at radius 2 is 1.50 bits per heavy atom. The summed E-state index contributed by atoms with van der Waals surface area (Å²) < 4.78 is 22.8. The Balaban J connectivity index is 1.51. The Kier molecular flexibility index (Phi) is 8.65. The first-order chi connectivity index (χ1) is 15.5. The molecule has 1 aliphatic heterocycles. The highest BCUT2D eigenvalue weighted by Crippen LogP contribution is 2.40. The summed E-state index contributed by atoms with van der Waals surface area (Å²) in [5, 5.41) is 0. The molecule has 0 radical (unpaired) electrons. The molecule has 0 saturated carbocycles. The molecular formula is C26H38N2O4. The van der Waals surface area contributed by atoms with Crippen LogP contribution in [0.15, 0.2) is 30.3 Å². The Morgan fingerprint density at radius 3 is 2.12 bits per heavy atom. The molecule has 2 aromatic rings. The summed E-state index contributed by atoms with van der Waals surface area (Å²) in [7, 11) is 4.96. The van der Waals surface area contributed by atoms with Gasteiger partial charge in [0.25, 0.3) is 0 Å². The number of nitrogens with zero attached hydrogens (tertiary/aromatic N) is 2. The minimum absolute atomic E-state index is 0.461. The van der Waals surface area contributed by atoms with E-state index in [4.69, 9.17) is 18.9 Å². The molecule has 0 spiro atoms. The average Bonchev–Trinajstić information content (AvgIpc) is 2.79. The molecule has 32 heavy (non-hydrogen) atoms. The number of ether oxygens (including phenoxy) is 4. The van der Waals surface area contributed by atoms with Crippen LogP contribution in [0.5, 0.6) is 23.0 Å². The molecule has 1 aliphatic rings. The van der Waals surface area contributed by atoms with Crippen LogP contribution >= 0.6 is 0 Å². The van der Waals surface area contributed by atoms with Crippen molar-refractivity contribution in [3.8, 4) is 23.0 Å². The summed E-state index contributed by atoms with van der Waals surface area (Å²) in [5.41, 5.74) is 3.63. The van der Waals surface area contributed by atoms with Gasteiger partial charge in [-0.15, -0.1) is 0 Å². The topological polar surface area (TPSA) is 43.4 Å². The van der Waals surface area contributed by atoms with Crippen LogP contribution < -0.4 is 18.9 Å². The van der Waals surface area contributed by atoms with E-state index in [1.54, 1.807) is 21.3 Å². The van der Waals surface area contributed by atoms with Gasteiger partial charge in [-0.3, -0.25) is 9.80 Å². The maximum absolute atomic E-state index is 6.18. The van der Waals surface area contributed by atoms with Crippen molar-refractivity contribution in [1.29, 1.82) is 0 Å². The molecule has 1 fully saturated rings. The first-order valence-electron chi connectivity index (χ1n) is 11.4. The number of piperazine rings is 1. The van der Waals surface area contributed by atoms with Crippen molar-refractivity contribution in [2.75, 3.05) is 60.7 Å². The van der Waals surface area contributed by atoms with Crippen LogP contribution in [0.1, 0.15) is 36.5 Å². The summed E-state index contributed by atoms with van der Waals surface area (Å²) in [6.45, 7) is 13.1. The summed E-state index contributed by atoms with van der Waals surface area (Å²) >= 11 is 0. The van der Waals surface area contributed by atoms with Gasteiger partial charge in [-0.1, -0.05) is 32.0 Å². The van der Waals surface area contributed by atoms with Crippen LogP contribution in [0.2, 0.25) is 0 Å². The Morgan fingerprint density at radius 1 is 0.812 bits per heavy atom. The first-order valence-corrected chi connectivity index (χ1v) is 11.4. The Hall–Kier alpha value is -2.44. The second-order valence-electron chi connectivity index (χ2n) is 8.66. The van der Waals surface area contributed by atoms with Crippen LogP contribution in [-0.2, 0) is 6.54 Å². The summed E-state index contributed by atoms with van der Waals surface area (Å²) in [4.78, 5) is 4.94. The van der Waals surface area contributed by atoms with Gasteiger partial charge in [0.1, 0.15) is 12.4 Å². The predicted octanol–water partition coefficient (Wildman–Crippen LogP) is 4.34. The van der Waals surface area contributed by atoms with E-state index in [-0.39, 0.29) is 0 Å². The third kappa shape index (κ3) is 5.87. The van der Waals surface area contributed by atoms with Crippen molar-refractivity contribution in [1.82, 2.24) is 9.80 Å². The lowest BCUT2D eigenvalue weighted by Gasteiger charge is -2.35. The van der Waals surface area contributed by atoms with Crippen molar-refractivity contribution in [3.05, 3.63) is 47.0 Å². The Bertz CT molecular complexity index is 876. The van der Waals surface area contributed by atoms with Gasteiger partial charge >= 0.3 is 0 Å². The van der Waals surface area contributed by atoms with Crippen molar-refractivity contribution in [3.63, 3.8) is 0 Å². The van der Waals surface area contributed by atoms with E-state index in [1.807, 2.05) is 6.07 Å². The van der Waals surface area contributed by atoms with E-state index in [0.29, 0.717) is 24.0 Å². The number of rotatable bonds is 10. The second-order valence-corrected chi connectivity index (χ2v) is 8.66.